The number of ether oxygens (including phenoxy) is 2. The Morgan fingerprint density at radius 3 is 2.44 bits per heavy atom. The highest BCUT2D eigenvalue weighted by Crippen LogP contribution is 2.26. The molecule has 0 spiro atoms. The molecule has 0 atom stereocenters. The Balaban J connectivity index is 2.55. The van der Waals surface area contributed by atoms with Crippen LogP contribution in [0.15, 0.2) is 6.33 Å². The Kier molecular flexibility index (Phi) is 5.39. The van der Waals surface area contributed by atoms with Crippen LogP contribution in [0.4, 0.5) is 5.69 Å². The summed E-state index contributed by atoms with van der Waals surface area (Å²) in [6.07, 6.45) is 4.70. The summed E-state index contributed by atoms with van der Waals surface area (Å²) >= 11 is 0. The summed E-state index contributed by atoms with van der Waals surface area (Å²) < 4.78 is 10.7. The fourth-order valence-electron chi connectivity index (χ4n) is 1.25. The van der Waals surface area contributed by atoms with Crippen molar-refractivity contribution in [2.24, 2.45) is 0 Å². The maximum atomic E-state index is 5.81. The number of hydrogen-bond acceptors (Lipinski definition) is 5. The number of nitrogens with zero attached hydrogens (tertiary/aromatic N) is 2. The van der Waals surface area contributed by atoms with Crippen LogP contribution in [-0.2, 0) is 0 Å². The van der Waals surface area contributed by atoms with E-state index in [1.54, 1.807) is 0 Å². The van der Waals surface area contributed by atoms with Gasteiger partial charge in [-0.25, -0.2) is 0 Å². The summed E-state index contributed by atoms with van der Waals surface area (Å²) in [6, 6.07) is 0. The number of nitrogen functional groups attached to an aromatic ring is 1. The van der Waals surface area contributed by atoms with E-state index in [1.807, 2.05) is 6.92 Å². The third kappa shape index (κ3) is 3.56. The number of anilines is 1. The first-order chi connectivity index (χ1) is 7.79. The third-order valence-corrected chi connectivity index (χ3v) is 2.08. The summed E-state index contributed by atoms with van der Waals surface area (Å²) in [6.45, 7) is 5.17. The molecule has 5 nitrogen and oxygen atoms in total. The van der Waals surface area contributed by atoms with Gasteiger partial charge in [-0.3, -0.25) is 0 Å². The van der Waals surface area contributed by atoms with Crippen LogP contribution in [0.3, 0.4) is 0 Å². The molecule has 0 bridgehead atoms. The van der Waals surface area contributed by atoms with Gasteiger partial charge < -0.3 is 15.2 Å². The lowest BCUT2D eigenvalue weighted by atomic mass is 10.3. The molecule has 90 valence electrons. The molecule has 0 saturated carbocycles. The number of unbranched alkanes of at least 4 members (excludes halogenated alkanes) is 2. The Morgan fingerprint density at radius 2 is 1.81 bits per heavy atom. The van der Waals surface area contributed by atoms with Gasteiger partial charge in [0.2, 0.25) is 11.8 Å². The van der Waals surface area contributed by atoms with Crippen LogP contribution in [0.25, 0.3) is 0 Å². The molecule has 0 aliphatic rings. The van der Waals surface area contributed by atoms with Crippen molar-refractivity contribution in [3.05, 3.63) is 6.33 Å². The van der Waals surface area contributed by atoms with E-state index in [-0.39, 0.29) is 0 Å². The second kappa shape index (κ2) is 6.87. The lowest BCUT2D eigenvalue weighted by Gasteiger charge is -2.09. The van der Waals surface area contributed by atoms with Crippen molar-refractivity contribution in [1.82, 2.24) is 9.97 Å². The van der Waals surface area contributed by atoms with Crippen LogP contribution in [0, 0.1) is 0 Å². The highest BCUT2D eigenvalue weighted by Gasteiger charge is 2.09. The summed E-state index contributed by atoms with van der Waals surface area (Å²) in [4.78, 5) is 7.92. The van der Waals surface area contributed by atoms with Crippen molar-refractivity contribution in [3.63, 3.8) is 0 Å². The van der Waals surface area contributed by atoms with E-state index in [4.69, 9.17) is 15.2 Å². The Hall–Kier alpha value is -1.52. The van der Waals surface area contributed by atoms with Crippen LogP contribution in [0.1, 0.15) is 33.1 Å². The van der Waals surface area contributed by atoms with E-state index in [2.05, 4.69) is 16.9 Å². The molecule has 0 radical (unpaired) electrons. The number of hydrogen-bond donors (Lipinski definition) is 1. The molecule has 0 aliphatic carbocycles. The van der Waals surface area contributed by atoms with Gasteiger partial charge in [-0.15, -0.1) is 0 Å². The molecule has 0 unspecified atom stereocenters. The van der Waals surface area contributed by atoms with Gasteiger partial charge in [0, 0.05) is 0 Å². The van der Waals surface area contributed by atoms with Gasteiger partial charge in [-0.05, 0) is 13.3 Å². The van der Waals surface area contributed by atoms with Crippen molar-refractivity contribution in [2.75, 3.05) is 18.9 Å². The minimum absolute atomic E-state index is 0.376. The summed E-state index contributed by atoms with van der Waals surface area (Å²) in [7, 11) is 0. The minimum atomic E-state index is 0.376. The van der Waals surface area contributed by atoms with E-state index in [0.29, 0.717) is 30.7 Å². The Bertz CT molecular complexity index is 318. The molecular weight excluding hydrogens is 206 g/mol. The fourth-order valence-corrected chi connectivity index (χ4v) is 1.25. The van der Waals surface area contributed by atoms with Crippen molar-refractivity contribution in [3.8, 4) is 11.8 Å². The smallest absolute Gasteiger partial charge is 0.244 e. The maximum Gasteiger partial charge on any atom is 0.244 e. The molecule has 1 heterocycles. The molecule has 0 fully saturated rings. The normalized spacial score (nSPS) is 10.1. The lowest BCUT2D eigenvalue weighted by molar-refractivity contribution is 0.288. The second-order valence-electron chi connectivity index (χ2n) is 3.39. The average molecular weight is 225 g/mol. The number of aromatic nitrogens is 2. The minimum Gasteiger partial charge on any atom is -0.476 e. The molecule has 0 amide bonds. The van der Waals surface area contributed by atoms with Crippen LogP contribution in [-0.4, -0.2) is 23.2 Å². The van der Waals surface area contributed by atoms with E-state index >= 15 is 0 Å². The van der Waals surface area contributed by atoms with Crippen LogP contribution in [0.2, 0.25) is 0 Å². The van der Waals surface area contributed by atoms with Crippen molar-refractivity contribution in [2.45, 2.75) is 33.1 Å². The van der Waals surface area contributed by atoms with E-state index in [1.165, 1.54) is 6.33 Å². The Morgan fingerprint density at radius 1 is 1.12 bits per heavy atom. The SMILES string of the molecule is CCCCCOc1ncnc(OCC)c1N. The van der Waals surface area contributed by atoms with Gasteiger partial charge in [0.15, 0.2) is 5.69 Å². The number of nitrogens with two attached hydrogens (primary N) is 1. The standard InChI is InChI=1S/C11H19N3O2/c1-3-5-6-7-16-11-9(12)10(15-4-2)13-8-14-11/h8H,3-7,12H2,1-2H3. The van der Waals surface area contributed by atoms with Crippen molar-refractivity contribution in [1.29, 1.82) is 0 Å². The fraction of sp³-hybridized carbons (Fsp3) is 0.636. The lowest BCUT2D eigenvalue weighted by Crippen LogP contribution is -2.06. The molecular formula is C11H19N3O2. The monoisotopic (exact) mass is 225 g/mol. The first-order valence-electron chi connectivity index (χ1n) is 5.65. The zero-order chi connectivity index (χ0) is 11.8. The van der Waals surface area contributed by atoms with Gasteiger partial charge in [0.05, 0.1) is 13.2 Å². The zero-order valence-electron chi connectivity index (χ0n) is 9.90. The van der Waals surface area contributed by atoms with Crippen LogP contribution in [0.5, 0.6) is 11.8 Å². The topological polar surface area (TPSA) is 70.3 Å². The second-order valence-corrected chi connectivity index (χ2v) is 3.39. The summed E-state index contributed by atoms with van der Waals surface area (Å²) in [5.41, 5.74) is 6.18. The predicted octanol–water partition coefficient (Wildman–Crippen LogP) is 2.03. The predicted molar refractivity (Wildman–Crippen MR) is 62.6 cm³/mol. The maximum absolute atomic E-state index is 5.81. The van der Waals surface area contributed by atoms with Gasteiger partial charge in [0.25, 0.3) is 0 Å². The van der Waals surface area contributed by atoms with Gasteiger partial charge in [-0.2, -0.15) is 9.97 Å². The highest BCUT2D eigenvalue weighted by molar-refractivity contribution is 5.55. The summed E-state index contributed by atoms with van der Waals surface area (Å²) in [5, 5.41) is 0. The molecule has 2 N–H and O–H groups in total. The van der Waals surface area contributed by atoms with E-state index < -0.39 is 0 Å². The zero-order valence-corrected chi connectivity index (χ0v) is 9.90. The molecule has 1 rings (SSSR count). The van der Waals surface area contributed by atoms with E-state index in [9.17, 15) is 0 Å². The molecule has 16 heavy (non-hydrogen) atoms. The van der Waals surface area contributed by atoms with Gasteiger partial charge >= 0.3 is 0 Å². The quantitative estimate of drug-likeness (QED) is 0.719. The molecule has 0 aromatic carbocycles. The average Bonchev–Trinajstić information content (AvgIpc) is 2.29. The molecule has 1 aromatic rings. The van der Waals surface area contributed by atoms with E-state index in [0.717, 1.165) is 19.3 Å². The summed E-state index contributed by atoms with van der Waals surface area (Å²) in [5.74, 6) is 0.803. The van der Waals surface area contributed by atoms with Crippen molar-refractivity contribution >= 4 is 5.69 Å². The molecule has 5 heteroatoms. The molecule has 0 saturated heterocycles. The molecule has 0 aliphatic heterocycles. The Labute approximate surface area is 96.0 Å². The molecule has 1 aromatic heterocycles. The van der Waals surface area contributed by atoms with Gasteiger partial charge in [-0.1, -0.05) is 19.8 Å². The van der Waals surface area contributed by atoms with Crippen LogP contribution < -0.4 is 15.2 Å². The number of rotatable bonds is 7. The largest absolute Gasteiger partial charge is 0.476 e. The highest BCUT2D eigenvalue weighted by atomic mass is 16.5. The van der Waals surface area contributed by atoms with Crippen LogP contribution >= 0.6 is 0 Å². The van der Waals surface area contributed by atoms with Gasteiger partial charge in [0.1, 0.15) is 6.33 Å². The third-order valence-electron chi connectivity index (χ3n) is 2.08. The first kappa shape index (κ1) is 12.5. The van der Waals surface area contributed by atoms with Crippen molar-refractivity contribution < 1.29 is 9.47 Å². The first-order valence-corrected chi connectivity index (χ1v) is 5.65.